The first-order valence-electron chi connectivity index (χ1n) is 10.6. The van der Waals surface area contributed by atoms with Crippen molar-refractivity contribution in [3.05, 3.63) is 77.3 Å². The molecule has 0 radical (unpaired) electrons. The van der Waals surface area contributed by atoms with Crippen LogP contribution in [0.15, 0.2) is 70.9 Å². The zero-order chi connectivity index (χ0) is 22.4. The van der Waals surface area contributed by atoms with Crippen LogP contribution in [0, 0.1) is 0 Å². The zero-order valence-electron chi connectivity index (χ0n) is 17.6. The van der Waals surface area contributed by atoms with Crippen molar-refractivity contribution < 1.29 is 13.2 Å². The third kappa shape index (κ3) is 6.15. The number of rotatable bonds is 8. The van der Waals surface area contributed by atoms with Gasteiger partial charge in [0.25, 0.3) is 10.0 Å². The number of aromatic nitrogens is 1. The van der Waals surface area contributed by atoms with Gasteiger partial charge in [-0.3, -0.25) is 14.4 Å². The lowest BCUT2D eigenvalue weighted by molar-refractivity contribution is -0.121. The predicted molar refractivity (Wildman–Crippen MR) is 126 cm³/mol. The molecule has 32 heavy (non-hydrogen) atoms. The minimum Gasteiger partial charge on any atom is -0.353 e. The maximum absolute atomic E-state index is 12.5. The quantitative estimate of drug-likeness (QED) is 0.527. The van der Waals surface area contributed by atoms with Gasteiger partial charge in [0, 0.05) is 31.1 Å². The van der Waals surface area contributed by atoms with Crippen molar-refractivity contribution in [2.45, 2.75) is 36.7 Å². The minimum absolute atomic E-state index is 0.0886. The van der Waals surface area contributed by atoms with Crippen LogP contribution in [0.2, 0.25) is 0 Å². The highest BCUT2D eigenvalue weighted by molar-refractivity contribution is 7.93. The number of anilines is 1. The largest absolute Gasteiger partial charge is 0.353 e. The fourth-order valence-corrected chi connectivity index (χ4v) is 5.71. The average molecular weight is 471 g/mol. The Labute approximate surface area is 192 Å². The third-order valence-corrected chi connectivity index (χ3v) is 7.66. The van der Waals surface area contributed by atoms with Gasteiger partial charge in [0.2, 0.25) is 5.91 Å². The second-order valence-electron chi connectivity index (χ2n) is 7.84. The number of nitrogens with one attached hydrogen (secondary N) is 2. The molecule has 2 aromatic carbocycles. The monoisotopic (exact) mass is 470 g/mol. The van der Waals surface area contributed by atoms with Gasteiger partial charge in [0.05, 0.1) is 17.0 Å². The molecule has 3 aromatic rings. The number of benzene rings is 2. The molecule has 4 rings (SSSR count). The van der Waals surface area contributed by atoms with E-state index in [9.17, 15) is 13.2 Å². The van der Waals surface area contributed by atoms with E-state index < -0.39 is 10.0 Å². The van der Waals surface area contributed by atoms with E-state index in [0.717, 1.165) is 32.5 Å². The fraction of sp³-hybridized carbons (Fsp3) is 0.304. The Morgan fingerprint density at radius 3 is 2.38 bits per heavy atom. The summed E-state index contributed by atoms with van der Waals surface area (Å²) in [5.41, 5.74) is 1.86. The summed E-state index contributed by atoms with van der Waals surface area (Å²) in [4.78, 5) is 19.3. The van der Waals surface area contributed by atoms with Crippen molar-refractivity contribution in [1.29, 1.82) is 0 Å². The standard InChI is InChI=1S/C23H26N4O3S2/c28-22(24-19-11-13-27(14-12-19)16-18-7-3-1-4-8-18)15-20-17-31-23(25-20)26-32(29,30)21-9-5-2-6-10-21/h1-10,17,19H,11-16H2,(H,24,28)(H,25,26). The van der Waals surface area contributed by atoms with Gasteiger partial charge in [-0.1, -0.05) is 48.5 Å². The van der Waals surface area contributed by atoms with E-state index in [-0.39, 0.29) is 28.4 Å². The van der Waals surface area contributed by atoms with Gasteiger partial charge >= 0.3 is 0 Å². The van der Waals surface area contributed by atoms with E-state index >= 15 is 0 Å². The van der Waals surface area contributed by atoms with Crippen LogP contribution in [0.4, 0.5) is 5.13 Å². The molecule has 0 spiro atoms. The first kappa shape index (κ1) is 22.4. The van der Waals surface area contributed by atoms with Crippen LogP contribution >= 0.6 is 11.3 Å². The lowest BCUT2D eigenvalue weighted by atomic mass is 10.0. The van der Waals surface area contributed by atoms with Crippen LogP contribution in [-0.4, -0.2) is 43.3 Å². The van der Waals surface area contributed by atoms with Crippen LogP contribution in [0.5, 0.6) is 0 Å². The van der Waals surface area contributed by atoms with Crippen molar-refractivity contribution in [1.82, 2.24) is 15.2 Å². The molecule has 0 aliphatic carbocycles. The van der Waals surface area contributed by atoms with E-state index in [4.69, 9.17) is 0 Å². The molecule has 7 nitrogen and oxygen atoms in total. The van der Waals surface area contributed by atoms with Crippen LogP contribution in [0.1, 0.15) is 24.1 Å². The van der Waals surface area contributed by atoms with E-state index in [2.05, 4.69) is 44.2 Å². The minimum atomic E-state index is -3.69. The molecule has 0 unspecified atom stereocenters. The highest BCUT2D eigenvalue weighted by Gasteiger charge is 2.21. The molecule has 9 heteroatoms. The number of carbonyl (C=O) groups excluding carboxylic acids is 1. The van der Waals surface area contributed by atoms with Gasteiger partial charge in [-0.2, -0.15) is 0 Å². The lowest BCUT2D eigenvalue weighted by Gasteiger charge is -2.32. The molecule has 1 fully saturated rings. The average Bonchev–Trinajstić information content (AvgIpc) is 3.22. The molecule has 2 heterocycles. The van der Waals surface area contributed by atoms with Crippen LogP contribution in [0.3, 0.4) is 0 Å². The number of hydrogen-bond donors (Lipinski definition) is 2. The van der Waals surface area contributed by atoms with Gasteiger partial charge < -0.3 is 5.32 Å². The fourth-order valence-electron chi connectivity index (χ4n) is 3.73. The Morgan fingerprint density at radius 2 is 1.69 bits per heavy atom. The Bertz CT molecular complexity index is 1130. The van der Waals surface area contributed by atoms with Gasteiger partial charge in [-0.25, -0.2) is 13.4 Å². The van der Waals surface area contributed by atoms with Crippen LogP contribution in [-0.2, 0) is 27.8 Å². The topological polar surface area (TPSA) is 91.4 Å². The van der Waals surface area contributed by atoms with E-state index in [0.29, 0.717) is 5.69 Å². The summed E-state index contributed by atoms with van der Waals surface area (Å²) >= 11 is 1.17. The first-order valence-corrected chi connectivity index (χ1v) is 12.9. The SMILES string of the molecule is O=C(Cc1csc(NS(=O)(=O)c2ccccc2)n1)NC1CCN(Cc2ccccc2)CC1. The molecular weight excluding hydrogens is 444 g/mol. The Balaban J connectivity index is 1.23. The molecule has 1 aliphatic heterocycles. The molecule has 168 valence electrons. The van der Waals surface area contributed by atoms with Crippen molar-refractivity contribution in [3.63, 3.8) is 0 Å². The first-order chi connectivity index (χ1) is 15.5. The predicted octanol–water partition coefficient (Wildman–Crippen LogP) is 3.27. The summed E-state index contributed by atoms with van der Waals surface area (Å²) in [6.07, 6.45) is 1.96. The summed E-state index contributed by atoms with van der Waals surface area (Å²) in [7, 11) is -3.69. The van der Waals surface area contributed by atoms with E-state index in [1.165, 1.54) is 29.0 Å². The summed E-state index contributed by atoms with van der Waals surface area (Å²) in [5.74, 6) is -0.0886. The van der Waals surface area contributed by atoms with Crippen molar-refractivity contribution in [2.24, 2.45) is 0 Å². The van der Waals surface area contributed by atoms with Gasteiger partial charge in [0.15, 0.2) is 5.13 Å². The van der Waals surface area contributed by atoms with Crippen molar-refractivity contribution in [2.75, 3.05) is 17.8 Å². The number of thiazole rings is 1. The summed E-state index contributed by atoms with van der Waals surface area (Å²) in [6.45, 7) is 2.83. The molecular formula is C23H26N4O3S2. The summed E-state index contributed by atoms with van der Waals surface area (Å²) < 4.78 is 27.3. The second-order valence-corrected chi connectivity index (χ2v) is 10.4. The number of likely N-dealkylation sites (tertiary alicyclic amines) is 1. The van der Waals surface area contributed by atoms with Crippen LogP contribution < -0.4 is 10.0 Å². The molecule has 0 bridgehead atoms. The Morgan fingerprint density at radius 1 is 1.03 bits per heavy atom. The molecule has 1 saturated heterocycles. The van der Waals surface area contributed by atoms with Crippen LogP contribution in [0.25, 0.3) is 0 Å². The van der Waals surface area contributed by atoms with Crippen molar-refractivity contribution in [3.8, 4) is 0 Å². The molecule has 1 amide bonds. The summed E-state index contributed by atoms with van der Waals surface area (Å²) in [5, 5.41) is 5.06. The number of piperidine rings is 1. The molecule has 1 aliphatic rings. The van der Waals surface area contributed by atoms with E-state index in [1.54, 1.807) is 23.6 Å². The number of carbonyl (C=O) groups is 1. The van der Waals surface area contributed by atoms with Gasteiger partial charge in [-0.15, -0.1) is 11.3 Å². The highest BCUT2D eigenvalue weighted by Crippen LogP contribution is 2.21. The molecule has 2 N–H and O–H groups in total. The maximum atomic E-state index is 12.5. The molecule has 0 saturated carbocycles. The number of hydrogen-bond acceptors (Lipinski definition) is 6. The Hall–Kier alpha value is -2.75. The zero-order valence-corrected chi connectivity index (χ0v) is 19.2. The summed E-state index contributed by atoms with van der Waals surface area (Å²) in [6, 6.07) is 18.7. The third-order valence-electron chi connectivity index (χ3n) is 5.37. The normalized spacial score (nSPS) is 15.4. The molecule has 1 aromatic heterocycles. The van der Waals surface area contributed by atoms with E-state index in [1.807, 2.05) is 6.07 Å². The maximum Gasteiger partial charge on any atom is 0.263 e. The highest BCUT2D eigenvalue weighted by atomic mass is 32.2. The number of sulfonamides is 1. The number of nitrogens with zero attached hydrogens (tertiary/aromatic N) is 2. The van der Waals surface area contributed by atoms with Gasteiger partial charge in [0.1, 0.15) is 0 Å². The molecule has 0 atom stereocenters. The Kier molecular flexibility index (Phi) is 7.19. The lowest BCUT2D eigenvalue weighted by Crippen LogP contribution is -2.44. The number of amides is 1. The second kappa shape index (κ2) is 10.2. The van der Waals surface area contributed by atoms with Crippen molar-refractivity contribution >= 4 is 32.4 Å². The smallest absolute Gasteiger partial charge is 0.263 e. The van der Waals surface area contributed by atoms with Gasteiger partial charge in [-0.05, 0) is 30.5 Å².